The van der Waals surface area contributed by atoms with Crippen molar-refractivity contribution in [2.75, 3.05) is 25.0 Å². The van der Waals surface area contributed by atoms with Crippen molar-refractivity contribution in [2.45, 2.75) is 32.7 Å². The number of hydrogen-bond donors (Lipinski definition) is 1. The maximum Gasteiger partial charge on any atom is 0.256 e. The Kier molecular flexibility index (Phi) is 6.12. The van der Waals surface area contributed by atoms with E-state index in [1.165, 1.54) is 15.9 Å². The number of carboxylic acid groups (broad SMARTS) is 1. The molecule has 1 N–H and O–H groups in total. The summed E-state index contributed by atoms with van der Waals surface area (Å²) in [5.74, 6) is -2.73. The number of benzene rings is 2. The number of nitrogens with one attached hydrogen (secondary N) is 1. The van der Waals surface area contributed by atoms with Crippen molar-refractivity contribution < 1.29 is 28.7 Å². The molecule has 2 aromatic rings. The molecule has 3 amide bonds. The van der Waals surface area contributed by atoms with Gasteiger partial charge in [-0.05, 0) is 35.6 Å². The van der Waals surface area contributed by atoms with Gasteiger partial charge in [-0.25, -0.2) is 4.39 Å². The fourth-order valence-electron chi connectivity index (χ4n) is 4.52. The smallest absolute Gasteiger partial charge is 0.256 e. The van der Waals surface area contributed by atoms with Crippen molar-refractivity contribution >= 4 is 29.4 Å². The standard InChI is InChI=1S/C25H26FN3O5/c1-25(2,13-22(31)32)12-21(30)28-9-10-29-20(14-28)23(33)27-19-8-7-15(11-17(19)24(29)34)16-5-3-4-6-18(16)26/h3-8,11,20H,9-10,12-14H2,1-2H3,(H,27,33)(H,31,32)/p-1/t20-/m0/s1. The van der Waals surface area contributed by atoms with Gasteiger partial charge in [0.2, 0.25) is 11.8 Å². The molecule has 2 heterocycles. The van der Waals surface area contributed by atoms with E-state index in [0.717, 1.165) is 0 Å². The van der Waals surface area contributed by atoms with Gasteiger partial charge in [-0.15, -0.1) is 0 Å². The average Bonchev–Trinajstić information content (AvgIpc) is 2.87. The van der Waals surface area contributed by atoms with E-state index in [2.05, 4.69) is 5.32 Å². The first-order valence-corrected chi connectivity index (χ1v) is 11.0. The number of carbonyl (C=O) groups excluding carboxylic acids is 4. The number of rotatable bonds is 5. The van der Waals surface area contributed by atoms with Crippen molar-refractivity contribution in [1.29, 1.82) is 0 Å². The summed E-state index contributed by atoms with van der Waals surface area (Å²) in [5.41, 5.74) is 0.652. The molecular formula is C25H25FN3O5-. The summed E-state index contributed by atoms with van der Waals surface area (Å²) in [6, 6.07) is 10.1. The Hall–Kier alpha value is -3.75. The molecule has 2 aliphatic rings. The third-order valence-electron chi connectivity index (χ3n) is 6.24. The number of carbonyl (C=O) groups is 4. The van der Waals surface area contributed by atoms with E-state index < -0.39 is 29.2 Å². The molecule has 2 aromatic carbocycles. The Bertz CT molecular complexity index is 1180. The van der Waals surface area contributed by atoms with Gasteiger partial charge in [0.25, 0.3) is 5.91 Å². The minimum absolute atomic E-state index is 0.00592. The van der Waals surface area contributed by atoms with Crippen LogP contribution in [0, 0.1) is 11.2 Å². The lowest BCUT2D eigenvalue weighted by molar-refractivity contribution is -0.307. The molecule has 1 saturated heterocycles. The predicted molar refractivity (Wildman–Crippen MR) is 120 cm³/mol. The van der Waals surface area contributed by atoms with Gasteiger partial charge in [0.05, 0.1) is 17.8 Å². The molecule has 1 fully saturated rings. The first kappa shape index (κ1) is 23.4. The summed E-state index contributed by atoms with van der Waals surface area (Å²) in [6.45, 7) is 3.71. The number of piperazine rings is 1. The average molecular weight is 466 g/mol. The number of amides is 3. The number of aliphatic carboxylic acids is 1. The van der Waals surface area contributed by atoms with Crippen molar-refractivity contribution in [3.05, 3.63) is 53.8 Å². The van der Waals surface area contributed by atoms with Gasteiger partial charge >= 0.3 is 0 Å². The highest BCUT2D eigenvalue weighted by molar-refractivity contribution is 6.10. The SMILES string of the molecule is CC(C)(CC(=O)[O-])CC(=O)N1CCN2C(=O)c3cc(-c4ccccc4F)ccc3NC(=O)[C@@H]2C1. The number of hydrogen-bond acceptors (Lipinski definition) is 5. The molecule has 34 heavy (non-hydrogen) atoms. The Morgan fingerprint density at radius 3 is 2.53 bits per heavy atom. The predicted octanol–water partition coefficient (Wildman–Crippen LogP) is 1.65. The zero-order chi connectivity index (χ0) is 24.6. The van der Waals surface area contributed by atoms with Crippen LogP contribution >= 0.6 is 0 Å². The van der Waals surface area contributed by atoms with Crippen LogP contribution in [-0.4, -0.2) is 59.2 Å². The fourth-order valence-corrected chi connectivity index (χ4v) is 4.52. The maximum atomic E-state index is 14.3. The monoisotopic (exact) mass is 466 g/mol. The minimum Gasteiger partial charge on any atom is -0.550 e. The molecule has 9 heteroatoms. The third-order valence-corrected chi connectivity index (χ3v) is 6.24. The van der Waals surface area contributed by atoms with Crippen molar-refractivity contribution in [3.8, 4) is 11.1 Å². The van der Waals surface area contributed by atoms with E-state index in [9.17, 15) is 28.7 Å². The van der Waals surface area contributed by atoms with E-state index in [1.54, 1.807) is 50.2 Å². The molecule has 0 saturated carbocycles. The van der Waals surface area contributed by atoms with Crippen molar-refractivity contribution in [3.63, 3.8) is 0 Å². The number of halogens is 1. The second-order valence-corrected chi connectivity index (χ2v) is 9.47. The lowest BCUT2D eigenvalue weighted by atomic mass is 9.85. The van der Waals surface area contributed by atoms with Gasteiger partial charge in [-0.3, -0.25) is 14.4 Å². The molecule has 0 unspecified atom stereocenters. The van der Waals surface area contributed by atoms with E-state index in [-0.39, 0.29) is 49.9 Å². The lowest BCUT2D eigenvalue weighted by Gasteiger charge is -2.40. The highest BCUT2D eigenvalue weighted by Gasteiger charge is 2.41. The molecule has 2 aliphatic heterocycles. The third kappa shape index (κ3) is 4.64. The number of fused-ring (bicyclic) bond motifs is 2. The highest BCUT2D eigenvalue weighted by atomic mass is 19.1. The van der Waals surface area contributed by atoms with Crippen LogP contribution in [0.5, 0.6) is 0 Å². The Balaban J connectivity index is 1.56. The van der Waals surface area contributed by atoms with Crippen LogP contribution in [-0.2, 0) is 14.4 Å². The Labute approximate surface area is 196 Å². The van der Waals surface area contributed by atoms with E-state index >= 15 is 0 Å². The van der Waals surface area contributed by atoms with Gasteiger partial charge in [0, 0.05) is 31.0 Å². The van der Waals surface area contributed by atoms with Crippen LogP contribution in [0.3, 0.4) is 0 Å². The minimum atomic E-state index is -1.23. The summed E-state index contributed by atoms with van der Waals surface area (Å²) >= 11 is 0. The normalized spacial score (nSPS) is 18.0. The fraction of sp³-hybridized carbons (Fsp3) is 0.360. The summed E-state index contributed by atoms with van der Waals surface area (Å²) < 4.78 is 14.3. The first-order valence-electron chi connectivity index (χ1n) is 11.0. The van der Waals surface area contributed by atoms with Gasteiger partial charge < -0.3 is 25.0 Å². The van der Waals surface area contributed by atoms with Crippen molar-refractivity contribution in [2.24, 2.45) is 5.41 Å². The molecule has 0 aliphatic carbocycles. The first-order chi connectivity index (χ1) is 16.1. The number of carboxylic acids is 1. The zero-order valence-electron chi connectivity index (χ0n) is 19.0. The van der Waals surface area contributed by atoms with E-state index in [0.29, 0.717) is 16.8 Å². The Morgan fingerprint density at radius 2 is 1.82 bits per heavy atom. The van der Waals surface area contributed by atoms with Gasteiger partial charge in [0.1, 0.15) is 11.9 Å². The molecule has 4 rings (SSSR count). The zero-order valence-corrected chi connectivity index (χ0v) is 19.0. The van der Waals surface area contributed by atoms with E-state index in [1.807, 2.05) is 0 Å². The number of anilines is 1. The highest BCUT2D eigenvalue weighted by Crippen LogP contribution is 2.32. The summed E-state index contributed by atoms with van der Waals surface area (Å²) in [4.78, 5) is 53.1. The molecule has 1 atom stereocenters. The quantitative estimate of drug-likeness (QED) is 0.721. The largest absolute Gasteiger partial charge is 0.550 e. The van der Waals surface area contributed by atoms with E-state index in [4.69, 9.17) is 0 Å². The van der Waals surface area contributed by atoms with Gasteiger partial charge in [-0.1, -0.05) is 38.1 Å². The van der Waals surface area contributed by atoms with Crippen molar-refractivity contribution in [1.82, 2.24) is 9.80 Å². The second-order valence-electron chi connectivity index (χ2n) is 9.47. The molecular weight excluding hydrogens is 441 g/mol. The van der Waals surface area contributed by atoms with Crippen LogP contribution in [0.2, 0.25) is 0 Å². The molecule has 178 valence electrons. The number of nitrogens with zero attached hydrogens (tertiary/aromatic N) is 2. The van der Waals surface area contributed by atoms with Gasteiger partial charge in [0.15, 0.2) is 0 Å². The van der Waals surface area contributed by atoms with Gasteiger partial charge in [-0.2, -0.15) is 0 Å². The van der Waals surface area contributed by atoms with Crippen LogP contribution in [0.4, 0.5) is 10.1 Å². The van der Waals surface area contributed by atoms with Crippen LogP contribution in [0.1, 0.15) is 37.0 Å². The second kappa shape index (κ2) is 8.89. The summed E-state index contributed by atoms with van der Waals surface area (Å²) in [7, 11) is 0. The molecule has 8 nitrogen and oxygen atoms in total. The molecule has 0 spiro atoms. The van der Waals surface area contributed by atoms with Crippen LogP contribution in [0.25, 0.3) is 11.1 Å². The maximum absolute atomic E-state index is 14.3. The molecule has 0 bridgehead atoms. The topological polar surface area (TPSA) is 110 Å². The van der Waals surface area contributed by atoms with Crippen LogP contribution < -0.4 is 10.4 Å². The van der Waals surface area contributed by atoms with Crippen LogP contribution in [0.15, 0.2) is 42.5 Å². The summed E-state index contributed by atoms with van der Waals surface area (Å²) in [6.07, 6.45) is -0.282. The molecule has 0 radical (unpaired) electrons. The molecule has 0 aromatic heterocycles. The Morgan fingerprint density at radius 1 is 1.09 bits per heavy atom. The summed E-state index contributed by atoms with van der Waals surface area (Å²) in [5, 5.41) is 13.7. The lowest BCUT2D eigenvalue weighted by Crippen LogP contribution is -2.59.